The zero-order valence-electron chi connectivity index (χ0n) is 14.4. The van der Waals surface area contributed by atoms with Gasteiger partial charge in [0.15, 0.2) is 0 Å². The van der Waals surface area contributed by atoms with Crippen LogP contribution in [0.3, 0.4) is 0 Å². The second-order valence-electron chi connectivity index (χ2n) is 6.05. The Morgan fingerprint density at radius 2 is 2.28 bits per heavy atom. The number of morpholine rings is 1. The van der Waals surface area contributed by atoms with Crippen molar-refractivity contribution in [1.29, 1.82) is 0 Å². The minimum atomic E-state index is 0.264. The van der Waals surface area contributed by atoms with Gasteiger partial charge in [-0.1, -0.05) is 0 Å². The molecule has 0 spiro atoms. The predicted molar refractivity (Wildman–Crippen MR) is 95.9 cm³/mol. The molecule has 0 aromatic carbocycles. The third-order valence-electron chi connectivity index (χ3n) is 4.39. The van der Waals surface area contributed by atoms with Gasteiger partial charge >= 0.3 is 0 Å². The Morgan fingerprint density at radius 1 is 1.36 bits per heavy atom. The molecule has 25 heavy (non-hydrogen) atoms. The Balaban J connectivity index is 1.91. The van der Waals surface area contributed by atoms with E-state index in [1.165, 1.54) is 0 Å². The van der Waals surface area contributed by atoms with Crippen LogP contribution in [0, 0.1) is 0 Å². The molecule has 1 saturated heterocycles. The van der Waals surface area contributed by atoms with Crippen molar-refractivity contribution < 1.29 is 9.47 Å². The van der Waals surface area contributed by atoms with Gasteiger partial charge in [-0.15, -0.1) is 0 Å². The summed E-state index contributed by atoms with van der Waals surface area (Å²) < 4.78 is 11.5. The highest BCUT2D eigenvalue weighted by molar-refractivity contribution is 5.95. The van der Waals surface area contributed by atoms with E-state index in [0.717, 1.165) is 40.4 Å². The Morgan fingerprint density at radius 3 is 3.04 bits per heavy atom. The molecule has 0 amide bonds. The lowest BCUT2D eigenvalue weighted by Gasteiger charge is -2.34. The van der Waals surface area contributed by atoms with Gasteiger partial charge < -0.3 is 14.4 Å². The van der Waals surface area contributed by atoms with E-state index in [-0.39, 0.29) is 6.04 Å². The quantitative estimate of drug-likeness (QED) is 0.787. The van der Waals surface area contributed by atoms with Gasteiger partial charge in [0, 0.05) is 30.4 Å². The topological polar surface area (TPSA) is 76.2 Å². The van der Waals surface area contributed by atoms with Crippen molar-refractivity contribution in [1.82, 2.24) is 20.2 Å². The number of aromatic amines is 1. The van der Waals surface area contributed by atoms with Crippen LogP contribution in [0.15, 0.2) is 30.6 Å². The Kier molecular flexibility index (Phi) is 4.23. The zero-order valence-corrected chi connectivity index (χ0v) is 14.4. The summed E-state index contributed by atoms with van der Waals surface area (Å²) in [4.78, 5) is 11.7. The van der Waals surface area contributed by atoms with Crippen LogP contribution in [-0.4, -0.2) is 52.6 Å². The lowest BCUT2D eigenvalue weighted by Crippen LogP contribution is -2.44. The lowest BCUT2D eigenvalue weighted by molar-refractivity contribution is 0.0985. The van der Waals surface area contributed by atoms with Crippen molar-refractivity contribution in [2.75, 3.05) is 31.3 Å². The monoisotopic (exact) mass is 339 g/mol. The number of nitrogens with one attached hydrogen (secondary N) is 1. The number of aromatic nitrogens is 4. The lowest BCUT2D eigenvalue weighted by atomic mass is 10.1. The van der Waals surface area contributed by atoms with Gasteiger partial charge in [0.05, 0.1) is 31.6 Å². The fourth-order valence-corrected chi connectivity index (χ4v) is 3.18. The fourth-order valence-electron chi connectivity index (χ4n) is 3.18. The largest absolute Gasteiger partial charge is 0.493 e. The van der Waals surface area contributed by atoms with E-state index in [4.69, 9.17) is 14.5 Å². The zero-order chi connectivity index (χ0) is 17.2. The molecule has 4 heterocycles. The Labute approximate surface area is 146 Å². The van der Waals surface area contributed by atoms with Crippen molar-refractivity contribution in [3.05, 3.63) is 30.6 Å². The van der Waals surface area contributed by atoms with Crippen molar-refractivity contribution in [3.8, 4) is 17.1 Å². The molecule has 0 bridgehead atoms. The number of rotatable bonds is 4. The first-order chi connectivity index (χ1) is 12.3. The number of H-pyrrole nitrogens is 1. The van der Waals surface area contributed by atoms with Crippen LogP contribution in [0.5, 0.6) is 5.75 Å². The average Bonchev–Trinajstić information content (AvgIpc) is 3.16. The minimum absolute atomic E-state index is 0.264. The molecule has 0 saturated carbocycles. The predicted octanol–water partition coefficient (Wildman–Crippen LogP) is 2.64. The van der Waals surface area contributed by atoms with Crippen LogP contribution in [0.2, 0.25) is 0 Å². The summed E-state index contributed by atoms with van der Waals surface area (Å²) in [6.07, 6.45) is 3.49. The molecule has 0 unspecified atom stereocenters. The number of hydrogen-bond donors (Lipinski definition) is 1. The standard InChI is InChI=1S/C18H21N5O2/c1-3-25-15-10-16(23-8-9-24-11-12(23)2)21-17-13(15)4-6-19-18(17)14-5-7-20-22-14/h4-7,10,12H,3,8-9,11H2,1-2H3,(H,20,22)/t12-/m1/s1. The molecule has 7 nitrogen and oxygen atoms in total. The number of nitrogens with zero attached hydrogens (tertiary/aromatic N) is 4. The van der Waals surface area contributed by atoms with E-state index in [9.17, 15) is 0 Å². The molecule has 1 fully saturated rings. The molecule has 3 aromatic heterocycles. The molecule has 3 aromatic rings. The van der Waals surface area contributed by atoms with Gasteiger partial charge in [0.1, 0.15) is 22.8 Å². The number of pyridine rings is 2. The van der Waals surface area contributed by atoms with Crippen molar-refractivity contribution in [2.45, 2.75) is 19.9 Å². The molecular formula is C18H21N5O2. The van der Waals surface area contributed by atoms with Gasteiger partial charge in [-0.3, -0.25) is 10.1 Å². The number of anilines is 1. The SMILES string of the molecule is CCOc1cc(N2CCOC[C@H]2C)nc2c(-c3ccn[nH]3)nccc12. The highest BCUT2D eigenvalue weighted by Crippen LogP contribution is 2.34. The van der Waals surface area contributed by atoms with E-state index >= 15 is 0 Å². The van der Waals surface area contributed by atoms with Gasteiger partial charge in [0.2, 0.25) is 0 Å². The van der Waals surface area contributed by atoms with E-state index in [1.54, 1.807) is 12.4 Å². The second kappa shape index (κ2) is 6.68. The Hall–Kier alpha value is -2.67. The summed E-state index contributed by atoms with van der Waals surface area (Å²) in [5.41, 5.74) is 2.43. The maximum Gasteiger partial charge on any atom is 0.133 e. The maximum atomic E-state index is 5.91. The fraction of sp³-hybridized carbons (Fsp3) is 0.389. The third kappa shape index (κ3) is 2.91. The summed E-state index contributed by atoms with van der Waals surface area (Å²) in [5, 5.41) is 7.97. The molecule has 130 valence electrons. The van der Waals surface area contributed by atoms with Crippen molar-refractivity contribution in [2.24, 2.45) is 0 Å². The Bertz CT molecular complexity index is 865. The summed E-state index contributed by atoms with van der Waals surface area (Å²) in [6, 6.07) is 6.12. The maximum absolute atomic E-state index is 5.91. The molecular weight excluding hydrogens is 318 g/mol. The second-order valence-corrected chi connectivity index (χ2v) is 6.05. The summed E-state index contributed by atoms with van der Waals surface area (Å²) in [5.74, 6) is 1.71. The molecule has 1 aliphatic heterocycles. The first-order valence-corrected chi connectivity index (χ1v) is 8.54. The first-order valence-electron chi connectivity index (χ1n) is 8.54. The molecule has 1 aliphatic rings. The summed E-state index contributed by atoms with van der Waals surface area (Å²) in [7, 11) is 0. The van der Waals surface area contributed by atoms with Crippen LogP contribution in [0.25, 0.3) is 22.3 Å². The number of fused-ring (bicyclic) bond motifs is 1. The molecule has 0 aliphatic carbocycles. The van der Waals surface area contributed by atoms with Crippen LogP contribution >= 0.6 is 0 Å². The van der Waals surface area contributed by atoms with Crippen LogP contribution in [0.4, 0.5) is 5.82 Å². The van der Waals surface area contributed by atoms with E-state index < -0.39 is 0 Å². The molecule has 4 rings (SSSR count). The van der Waals surface area contributed by atoms with Crippen molar-refractivity contribution in [3.63, 3.8) is 0 Å². The molecule has 1 N–H and O–H groups in total. The number of ether oxygens (including phenoxy) is 2. The van der Waals surface area contributed by atoms with Crippen molar-refractivity contribution >= 4 is 16.7 Å². The van der Waals surface area contributed by atoms with Gasteiger partial charge in [-0.2, -0.15) is 5.10 Å². The normalized spacial score (nSPS) is 17.8. The summed E-state index contributed by atoms with van der Waals surface area (Å²) in [6.45, 7) is 6.94. The smallest absolute Gasteiger partial charge is 0.133 e. The van der Waals surface area contributed by atoms with Crippen LogP contribution < -0.4 is 9.64 Å². The van der Waals surface area contributed by atoms with Crippen LogP contribution in [0.1, 0.15) is 13.8 Å². The van der Waals surface area contributed by atoms with Crippen LogP contribution in [-0.2, 0) is 4.74 Å². The average molecular weight is 339 g/mol. The van der Waals surface area contributed by atoms with E-state index in [2.05, 4.69) is 27.0 Å². The molecule has 7 heteroatoms. The minimum Gasteiger partial charge on any atom is -0.493 e. The number of hydrogen-bond acceptors (Lipinski definition) is 6. The third-order valence-corrected chi connectivity index (χ3v) is 4.39. The van der Waals surface area contributed by atoms with Gasteiger partial charge in [-0.05, 0) is 26.0 Å². The first kappa shape index (κ1) is 15.8. The van der Waals surface area contributed by atoms with E-state index in [1.807, 2.05) is 25.1 Å². The highest BCUT2D eigenvalue weighted by Gasteiger charge is 2.23. The van der Waals surface area contributed by atoms with Gasteiger partial charge in [0.25, 0.3) is 0 Å². The molecule has 0 radical (unpaired) electrons. The summed E-state index contributed by atoms with van der Waals surface area (Å²) >= 11 is 0. The van der Waals surface area contributed by atoms with E-state index in [0.29, 0.717) is 19.8 Å². The van der Waals surface area contributed by atoms with Gasteiger partial charge in [-0.25, -0.2) is 4.98 Å². The highest BCUT2D eigenvalue weighted by atomic mass is 16.5. The molecule has 1 atom stereocenters.